The van der Waals surface area contributed by atoms with Gasteiger partial charge in [0.2, 0.25) is 0 Å². The maximum absolute atomic E-state index is 9.09. The highest BCUT2D eigenvalue weighted by atomic mass is 15.2. The van der Waals surface area contributed by atoms with Crippen LogP contribution in [0.15, 0.2) is 24.3 Å². The van der Waals surface area contributed by atoms with Crippen LogP contribution in [0.4, 0.5) is 0 Å². The van der Waals surface area contributed by atoms with Crippen molar-refractivity contribution in [2.45, 2.75) is 52.0 Å². The second-order valence-electron chi connectivity index (χ2n) is 5.89. The zero-order chi connectivity index (χ0) is 14.5. The van der Waals surface area contributed by atoms with Gasteiger partial charge < -0.3 is 0 Å². The van der Waals surface area contributed by atoms with E-state index in [9.17, 15) is 0 Å². The molecule has 0 amide bonds. The second-order valence-corrected chi connectivity index (χ2v) is 5.89. The molecule has 0 heterocycles. The lowest BCUT2D eigenvalue weighted by molar-refractivity contribution is 0.214. The Morgan fingerprint density at radius 1 is 1.26 bits per heavy atom. The third kappa shape index (κ3) is 4.36. The van der Waals surface area contributed by atoms with Gasteiger partial charge in [0.25, 0.3) is 0 Å². The smallest absolute Gasteiger partial charge is 0.103 e. The first-order valence-corrected chi connectivity index (χ1v) is 7.12. The molecule has 0 fully saturated rings. The fourth-order valence-electron chi connectivity index (χ4n) is 1.91. The molecule has 104 valence electrons. The van der Waals surface area contributed by atoms with Gasteiger partial charge >= 0.3 is 0 Å². The molecule has 0 aliphatic heterocycles. The highest BCUT2D eigenvalue weighted by molar-refractivity contribution is 5.25. The largest absolute Gasteiger partial charge is 0.289 e. The van der Waals surface area contributed by atoms with Crippen molar-refractivity contribution >= 4 is 0 Å². The first-order valence-electron chi connectivity index (χ1n) is 7.12. The molecule has 0 saturated carbocycles. The van der Waals surface area contributed by atoms with E-state index < -0.39 is 5.54 Å². The van der Waals surface area contributed by atoms with E-state index in [0.29, 0.717) is 5.92 Å². The van der Waals surface area contributed by atoms with Crippen LogP contribution in [0.5, 0.6) is 0 Å². The van der Waals surface area contributed by atoms with Crippen molar-refractivity contribution < 1.29 is 0 Å². The van der Waals surface area contributed by atoms with Crippen molar-refractivity contribution in [1.29, 1.82) is 5.26 Å². The van der Waals surface area contributed by atoms with E-state index in [1.54, 1.807) is 0 Å². The Kier molecular flexibility index (Phi) is 5.57. The Morgan fingerprint density at radius 2 is 1.84 bits per heavy atom. The quantitative estimate of drug-likeness (QED) is 0.772. The van der Waals surface area contributed by atoms with Crippen LogP contribution in [0, 0.1) is 11.3 Å². The lowest BCUT2D eigenvalue weighted by Crippen LogP contribution is -2.40. The Bertz CT molecular complexity index is 426. The van der Waals surface area contributed by atoms with Crippen molar-refractivity contribution in [3.05, 3.63) is 35.4 Å². The summed E-state index contributed by atoms with van der Waals surface area (Å²) in [6.07, 6.45) is 2.17. The predicted molar refractivity (Wildman–Crippen MR) is 81.2 cm³/mol. The Hall–Kier alpha value is -1.33. The van der Waals surface area contributed by atoms with Gasteiger partial charge in [0.15, 0.2) is 0 Å². The van der Waals surface area contributed by atoms with Crippen molar-refractivity contribution in [3.8, 4) is 6.07 Å². The molecule has 2 heteroatoms. The van der Waals surface area contributed by atoms with Gasteiger partial charge in [-0.2, -0.15) is 5.26 Å². The number of benzene rings is 1. The molecular weight excluding hydrogens is 232 g/mol. The van der Waals surface area contributed by atoms with Gasteiger partial charge in [-0.25, -0.2) is 0 Å². The van der Waals surface area contributed by atoms with Crippen LogP contribution in [0.2, 0.25) is 0 Å². The lowest BCUT2D eigenvalue weighted by atomic mass is 9.97. The summed E-state index contributed by atoms with van der Waals surface area (Å²) in [6, 6.07) is 11.2. The zero-order valence-electron chi connectivity index (χ0n) is 12.9. The molecule has 2 nitrogen and oxygen atoms in total. The van der Waals surface area contributed by atoms with E-state index in [1.165, 1.54) is 17.5 Å². The fraction of sp³-hybridized carbons (Fsp3) is 0.588. The second kappa shape index (κ2) is 6.73. The minimum Gasteiger partial charge on any atom is -0.289 e. The lowest BCUT2D eigenvalue weighted by Gasteiger charge is -2.28. The van der Waals surface area contributed by atoms with Gasteiger partial charge in [0, 0.05) is 6.54 Å². The van der Waals surface area contributed by atoms with E-state index in [2.05, 4.69) is 49.1 Å². The van der Waals surface area contributed by atoms with Gasteiger partial charge in [0.05, 0.1) is 6.07 Å². The summed E-state index contributed by atoms with van der Waals surface area (Å²) in [6.45, 7) is 9.30. The number of hydrogen-bond donors (Lipinski definition) is 0. The minimum absolute atomic E-state index is 0.392. The summed E-state index contributed by atoms with van der Waals surface area (Å²) in [5, 5.41) is 9.09. The number of nitrogens with zero attached hydrogens (tertiary/aromatic N) is 2. The highest BCUT2D eigenvalue weighted by Crippen LogP contribution is 2.19. The molecule has 0 N–H and O–H groups in total. The van der Waals surface area contributed by atoms with Gasteiger partial charge in [0.1, 0.15) is 5.54 Å². The standard InChI is InChI=1S/C17H26N2/c1-6-14(2)16-9-7-15(8-10-16)11-12-19(5)17(3,4)13-18/h7-10,14H,6,11-12H2,1-5H3. The average Bonchev–Trinajstić information content (AvgIpc) is 2.44. The Balaban J connectivity index is 2.58. The Labute approximate surface area is 118 Å². The molecule has 0 aliphatic rings. The summed E-state index contributed by atoms with van der Waals surface area (Å²) < 4.78 is 0. The normalized spacial score (nSPS) is 13.3. The molecule has 0 radical (unpaired) electrons. The molecule has 1 atom stereocenters. The van der Waals surface area contributed by atoms with Crippen molar-refractivity contribution in [1.82, 2.24) is 4.90 Å². The molecule has 0 saturated heterocycles. The number of nitriles is 1. The van der Waals surface area contributed by atoms with E-state index in [4.69, 9.17) is 5.26 Å². The van der Waals surface area contributed by atoms with Crippen LogP contribution in [-0.2, 0) is 6.42 Å². The van der Waals surface area contributed by atoms with Crippen LogP contribution >= 0.6 is 0 Å². The van der Waals surface area contributed by atoms with Crippen LogP contribution in [0.3, 0.4) is 0 Å². The first kappa shape index (κ1) is 15.7. The highest BCUT2D eigenvalue weighted by Gasteiger charge is 2.22. The molecule has 1 unspecified atom stereocenters. The van der Waals surface area contributed by atoms with Crippen LogP contribution < -0.4 is 0 Å². The molecule has 19 heavy (non-hydrogen) atoms. The number of hydrogen-bond acceptors (Lipinski definition) is 2. The fourth-order valence-corrected chi connectivity index (χ4v) is 1.91. The minimum atomic E-state index is -0.392. The van der Waals surface area contributed by atoms with Gasteiger partial charge in [-0.1, -0.05) is 38.1 Å². The monoisotopic (exact) mass is 258 g/mol. The summed E-state index contributed by atoms with van der Waals surface area (Å²) >= 11 is 0. The van der Waals surface area contributed by atoms with E-state index in [1.807, 2.05) is 20.9 Å². The van der Waals surface area contributed by atoms with Crippen LogP contribution in [-0.4, -0.2) is 24.0 Å². The molecular formula is C17H26N2. The third-order valence-electron chi connectivity index (χ3n) is 4.12. The third-order valence-corrected chi connectivity index (χ3v) is 4.12. The van der Waals surface area contributed by atoms with Crippen molar-refractivity contribution in [2.24, 2.45) is 0 Å². The first-order chi connectivity index (χ1) is 8.90. The number of rotatable bonds is 6. The van der Waals surface area contributed by atoms with Crippen molar-refractivity contribution in [2.75, 3.05) is 13.6 Å². The number of likely N-dealkylation sites (N-methyl/N-ethyl adjacent to an activating group) is 1. The molecule has 1 aromatic carbocycles. The van der Waals surface area contributed by atoms with E-state index in [0.717, 1.165) is 13.0 Å². The van der Waals surface area contributed by atoms with E-state index >= 15 is 0 Å². The zero-order valence-corrected chi connectivity index (χ0v) is 12.9. The molecule has 0 spiro atoms. The maximum Gasteiger partial charge on any atom is 0.103 e. The summed E-state index contributed by atoms with van der Waals surface area (Å²) in [5.74, 6) is 0.634. The van der Waals surface area contributed by atoms with Gasteiger partial charge in [-0.3, -0.25) is 4.90 Å². The van der Waals surface area contributed by atoms with Gasteiger partial charge in [-0.15, -0.1) is 0 Å². The molecule has 0 aromatic heterocycles. The Morgan fingerprint density at radius 3 is 2.32 bits per heavy atom. The predicted octanol–water partition coefficient (Wildman–Crippen LogP) is 3.98. The summed E-state index contributed by atoms with van der Waals surface area (Å²) in [5.41, 5.74) is 2.36. The van der Waals surface area contributed by atoms with Crippen molar-refractivity contribution in [3.63, 3.8) is 0 Å². The topological polar surface area (TPSA) is 27.0 Å². The van der Waals surface area contributed by atoms with Crippen LogP contribution in [0.1, 0.15) is 51.2 Å². The van der Waals surface area contributed by atoms with Crippen LogP contribution in [0.25, 0.3) is 0 Å². The SMILES string of the molecule is CCC(C)c1ccc(CCN(C)C(C)(C)C#N)cc1. The average molecular weight is 258 g/mol. The summed E-state index contributed by atoms with van der Waals surface area (Å²) in [7, 11) is 2.01. The molecule has 0 aliphatic carbocycles. The molecule has 1 aromatic rings. The van der Waals surface area contributed by atoms with Gasteiger partial charge in [-0.05, 0) is 50.8 Å². The molecule has 1 rings (SSSR count). The molecule has 0 bridgehead atoms. The van der Waals surface area contributed by atoms with E-state index in [-0.39, 0.29) is 0 Å². The maximum atomic E-state index is 9.09. The summed E-state index contributed by atoms with van der Waals surface area (Å²) in [4.78, 5) is 2.11.